The molecule has 0 aromatic heterocycles. The third kappa shape index (κ3) is 7.22. The molecule has 6 heteroatoms. The van der Waals surface area contributed by atoms with Gasteiger partial charge in [-0.2, -0.15) is 0 Å². The van der Waals surface area contributed by atoms with Crippen molar-refractivity contribution in [2.45, 2.75) is 64.4 Å². The van der Waals surface area contributed by atoms with Crippen LogP contribution in [0.15, 0.2) is 48.5 Å². The number of carboxylic acids is 1. The van der Waals surface area contributed by atoms with Gasteiger partial charge in [0.1, 0.15) is 5.60 Å². The van der Waals surface area contributed by atoms with Crippen molar-refractivity contribution in [3.63, 3.8) is 0 Å². The minimum Gasteiger partial charge on any atom is -0.478 e. The second-order valence-electron chi connectivity index (χ2n) is 9.42. The van der Waals surface area contributed by atoms with Crippen LogP contribution in [0, 0.1) is 5.92 Å². The minimum atomic E-state index is -0.942. The molecule has 170 valence electrons. The van der Waals surface area contributed by atoms with E-state index in [1.54, 1.807) is 24.3 Å². The molecule has 2 aromatic carbocycles. The van der Waals surface area contributed by atoms with Gasteiger partial charge in [-0.05, 0) is 87.3 Å². The van der Waals surface area contributed by atoms with E-state index in [0.29, 0.717) is 37.5 Å². The average molecular weight is 438 g/mol. The molecule has 3 rings (SSSR count). The van der Waals surface area contributed by atoms with Crippen LogP contribution in [0.4, 0.5) is 5.69 Å². The predicted octanol–water partition coefficient (Wildman–Crippen LogP) is 5.18. The lowest BCUT2D eigenvalue weighted by Gasteiger charge is -2.19. The summed E-state index contributed by atoms with van der Waals surface area (Å²) in [4.78, 5) is 35.1. The van der Waals surface area contributed by atoms with Crippen molar-refractivity contribution in [3.8, 4) is 0 Å². The van der Waals surface area contributed by atoms with E-state index in [1.807, 2.05) is 45.0 Å². The second kappa shape index (κ2) is 9.98. The zero-order chi connectivity index (χ0) is 23.3. The normalized spacial score (nSPS) is 17.5. The topological polar surface area (TPSA) is 92.7 Å². The lowest BCUT2D eigenvalue weighted by Crippen LogP contribution is -2.24. The van der Waals surface area contributed by atoms with Gasteiger partial charge in [0.05, 0.1) is 5.56 Å². The number of ether oxygens (including phenoxy) is 1. The van der Waals surface area contributed by atoms with Gasteiger partial charge in [0.2, 0.25) is 5.91 Å². The van der Waals surface area contributed by atoms with Crippen molar-refractivity contribution in [2.75, 3.05) is 5.32 Å². The molecule has 0 spiro atoms. The van der Waals surface area contributed by atoms with Gasteiger partial charge in [-0.3, -0.25) is 9.59 Å². The number of benzene rings is 2. The Morgan fingerprint density at radius 1 is 1.03 bits per heavy atom. The Bertz CT molecular complexity index is 957. The van der Waals surface area contributed by atoms with Crippen molar-refractivity contribution in [1.29, 1.82) is 0 Å². The fourth-order valence-corrected chi connectivity index (χ4v) is 3.78. The van der Waals surface area contributed by atoms with Crippen LogP contribution >= 0.6 is 0 Å². The Balaban J connectivity index is 1.39. The molecule has 1 aliphatic rings. The maximum absolute atomic E-state index is 12.2. The molecule has 32 heavy (non-hydrogen) atoms. The monoisotopic (exact) mass is 437 g/mol. The first kappa shape index (κ1) is 23.5. The molecule has 1 fully saturated rings. The van der Waals surface area contributed by atoms with Crippen LogP contribution in [0.5, 0.6) is 0 Å². The van der Waals surface area contributed by atoms with E-state index in [0.717, 1.165) is 17.7 Å². The van der Waals surface area contributed by atoms with Crippen LogP contribution in [0.1, 0.15) is 73.9 Å². The number of hydrogen-bond acceptors (Lipinski definition) is 4. The maximum atomic E-state index is 12.2. The van der Waals surface area contributed by atoms with Crippen molar-refractivity contribution >= 4 is 23.5 Å². The molecule has 2 unspecified atom stereocenters. The standard InChI is InChI=1S/C26H31NO5/c1-26(2,3)32-24(29)16-20-15-22(20)18-11-13-21(14-12-18)27-23(28)6-4-5-17-7-9-19(10-8-17)25(30)31/h7-14,20,22H,4-6,15-16H2,1-3H3,(H,27,28)(H,30,31). The summed E-state index contributed by atoms with van der Waals surface area (Å²) in [6.07, 6.45) is 3.22. The van der Waals surface area contributed by atoms with E-state index < -0.39 is 11.6 Å². The first-order valence-electron chi connectivity index (χ1n) is 11.0. The van der Waals surface area contributed by atoms with Crippen LogP contribution < -0.4 is 5.32 Å². The highest BCUT2D eigenvalue weighted by molar-refractivity contribution is 5.90. The van der Waals surface area contributed by atoms with Gasteiger partial charge in [-0.25, -0.2) is 4.79 Å². The molecule has 1 amide bonds. The van der Waals surface area contributed by atoms with E-state index in [2.05, 4.69) is 5.32 Å². The third-order valence-corrected chi connectivity index (χ3v) is 5.46. The molecule has 1 aliphatic carbocycles. The van der Waals surface area contributed by atoms with Crippen molar-refractivity contribution in [3.05, 3.63) is 65.2 Å². The van der Waals surface area contributed by atoms with Crippen molar-refractivity contribution < 1.29 is 24.2 Å². The highest BCUT2D eigenvalue weighted by Gasteiger charge is 2.40. The molecule has 0 aliphatic heterocycles. The van der Waals surface area contributed by atoms with E-state index in [9.17, 15) is 14.4 Å². The molecule has 0 saturated heterocycles. The fourth-order valence-electron chi connectivity index (χ4n) is 3.78. The van der Waals surface area contributed by atoms with Gasteiger partial charge < -0.3 is 15.2 Å². The van der Waals surface area contributed by atoms with Crippen LogP contribution in [-0.2, 0) is 20.7 Å². The summed E-state index contributed by atoms with van der Waals surface area (Å²) in [5, 5.41) is 11.8. The minimum absolute atomic E-state index is 0.0471. The molecular weight excluding hydrogens is 406 g/mol. The number of aryl methyl sites for hydroxylation is 1. The van der Waals surface area contributed by atoms with Crippen LogP contribution in [0.3, 0.4) is 0 Å². The Morgan fingerprint density at radius 2 is 1.69 bits per heavy atom. The number of aromatic carboxylic acids is 1. The molecular formula is C26H31NO5. The summed E-state index contributed by atoms with van der Waals surface area (Å²) >= 11 is 0. The molecule has 0 heterocycles. The molecule has 0 radical (unpaired) electrons. The number of rotatable bonds is 9. The summed E-state index contributed by atoms with van der Waals surface area (Å²) in [5.41, 5.74) is 2.76. The van der Waals surface area contributed by atoms with Gasteiger partial charge in [0.15, 0.2) is 0 Å². The van der Waals surface area contributed by atoms with Gasteiger partial charge in [-0.15, -0.1) is 0 Å². The van der Waals surface area contributed by atoms with Gasteiger partial charge in [0.25, 0.3) is 0 Å². The van der Waals surface area contributed by atoms with Gasteiger partial charge in [0, 0.05) is 18.5 Å². The summed E-state index contributed by atoms with van der Waals surface area (Å²) in [6, 6.07) is 14.6. The van der Waals surface area contributed by atoms with E-state index in [-0.39, 0.29) is 17.4 Å². The third-order valence-electron chi connectivity index (χ3n) is 5.46. The summed E-state index contributed by atoms with van der Waals surface area (Å²) in [7, 11) is 0. The molecule has 1 saturated carbocycles. The first-order chi connectivity index (χ1) is 15.1. The fraction of sp³-hybridized carbons (Fsp3) is 0.423. The van der Waals surface area contributed by atoms with Crippen molar-refractivity contribution in [2.24, 2.45) is 5.92 Å². The van der Waals surface area contributed by atoms with E-state index in [4.69, 9.17) is 9.84 Å². The Hall–Kier alpha value is -3.15. The van der Waals surface area contributed by atoms with Crippen molar-refractivity contribution in [1.82, 2.24) is 0 Å². The predicted molar refractivity (Wildman–Crippen MR) is 123 cm³/mol. The van der Waals surface area contributed by atoms with Crippen LogP contribution in [0.2, 0.25) is 0 Å². The lowest BCUT2D eigenvalue weighted by molar-refractivity contribution is -0.155. The molecule has 2 aromatic rings. The lowest BCUT2D eigenvalue weighted by atomic mass is 10.1. The highest BCUT2D eigenvalue weighted by atomic mass is 16.6. The Morgan fingerprint density at radius 3 is 2.28 bits per heavy atom. The van der Waals surface area contributed by atoms with Gasteiger partial charge >= 0.3 is 11.9 Å². The maximum Gasteiger partial charge on any atom is 0.335 e. The van der Waals surface area contributed by atoms with E-state index >= 15 is 0 Å². The average Bonchev–Trinajstić information content (AvgIpc) is 3.46. The number of carbonyl (C=O) groups excluding carboxylic acids is 2. The molecule has 2 N–H and O–H groups in total. The number of amides is 1. The zero-order valence-corrected chi connectivity index (χ0v) is 18.9. The number of nitrogens with one attached hydrogen (secondary N) is 1. The number of carboxylic acid groups (broad SMARTS) is 1. The van der Waals surface area contributed by atoms with Crippen LogP contribution in [0.25, 0.3) is 0 Å². The van der Waals surface area contributed by atoms with Gasteiger partial charge in [-0.1, -0.05) is 24.3 Å². The molecule has 0 bridgehead atoms. The largest absolute Gasteiger partial charge is 0.478 e. The highest BCUT2D eigenvalue weighted by Crippen LogP contribution is 2.49. The zero-order valence-electron chi connectivity index (χ0n) is 18.9. The summed E-state index contributed by atoms with van der Waals surface area (Å²) in [6.45, 7) is 5.63. The molecule has 6 nitrogen and oxygen atoms in total. The van der Waals surface area contributed by atoms with E-state index in [1.165, 1.54) is 5.56 Å². The Labute approximate surface area is 189 Å². The van der Waals surface area contributed by atoms with Crippen LogP contribution in [-0.4, -0.2) is 28.6 Å². The number of carbonyl (C=O) groups is 3. The first-order valence-corrected chi connectivity index (χ1v) is 11.0. The number of hydrogen-bond donors (Lipinski definition) is 2. The second-order valence-corrected chi connectivity index (χ2v) is 9.42. The quantitative estimate of drug-likeness (QED) is 0.527. The number of anilines is 1. The Kier molecular flexibility index (Phi) is 7.33. The summed E-state index contributed by atoms with van der Waals surface area (Å²) in [5.74, 6) is -0.433. The summed E-state index contributed by atoms with van der Waals surface area (Å²) < 4.78 is 5.40. The molecule has 2 atom stereocenters. The SMILES string of the molecule is CC(C)(C)OC(=O)CC1CC1c1ccc(NC(=O)CCCc2ccc(C(=O)O)cc2)cc1. The smallest absolute Gasteiger partial charge is 0.335 e. The number of esters is 1.